The van der Waals surface area contributed by atoms with Crippen molar-refractivity contribution in [3.63, 3.8) is 0 Å². The van der Waals surface area contributed by atoms with E-state index in [0.29, 0.717) is 11.4 Å². The van der Waals surface area contributed by atoms with Crippen LogP contribution >= 0.6 is 0 Å². The third-order valence-corrected chi connectivity index (χ3v) is 3.96. The summed E-state index contributed by atoms with van der Waals surface area (Å²) >= 11 is 0. The zero-order chi connectivity index (χ0) is 17.8. The number of nitrogens with zero attached hydrogens (tertiary/aromatic N) is 3. The number of rotatable bonds is 4. The number of hydrogen-bond acceptors (Lipinski definition) is 3. The van der Waals surface area contributed by atoms with E-state index in [1.807, 2.05) is 91.0 Å². The van der Waals surface area contributed by atoms with Crippen LogP contribution in [0.15, 0.2) is 106 Å². The standard InChI is InChI=1S/C21H16N4O/c26-21-20(23-22-17-12-6-2-7-13-17)19(16-10-4-1-5-11-16)24-25(21)18-14-8-3-9-15-18/h1-15,24H. The molecule has 0 aliphatic rings. The van der Waals surface area contributed by atoms with Gasteiger partial charge < -0.3 is 0 Å². The maximum atomic E-state index is 13.0. The van der Waals surface area contributed by atoms with Crippen molar-refractivity contribution in [2.75, 3.05) is 0 Å². The van der Waals surface area contributed by atoms with Gasteiger partial charge in [0.05, 0.1) is 17.1 Å². The summed E-state index contributed by atoms with van der Waals surface area (Å²) < 4.78 is 1.49. The molecular weight excluding hydrogens is 324 g/mol. The zero-order valence-electron chi connectivity index (χ0n) is 13.9. The van der Waals surface area contributed by atoms with Crippen molar-refractivity contribution < 1.29 is 0 Å². The lowest BCUT2D eigenvalue weighted by Crippen LogP contribution is -2.13. The van der Waals surface area contributed by atoms with Crippen LogP contribution in [0.3, 0.4) is 0 Å². The molecule has 5 heteroatoms. The molecule has 0 unspecified atom stereocenters. The monoisotopic (exact) mass is 340 g/mol. The average molecular weight is 340 g/mol. The quantitative estimate of drug-likeness (QED) is 0.507. The Kier molecular flexibility index (Phi) is 4.26. The molecule has 4 aromatic rings. The minimum Gasteiger partial charge on any atom is -0.288 e. The predicted octanol–water partition coefficient (Wildman–Crippen LogP) is 5.25. The van der Waals surface area contributed by atoms with E-state index >= 15 is 0 Å². The number of aromatic amines is 1. The Labute approximate surface area is 150 Å². The summed E-state index contributed by atoms with van der Waals surface area (Å²) in [6.45, 7) is 0. The summed E-state index contributed by atoms with van der Waals surface area (Å²) in [5.74, 6) is 0. The van der Waals surface area contributed by atoms with Gasteiger partial charge in [0.15, 0.2) is 5.69 Å². The topological polar surface area (TPSA) is 62.5 Å². The van der Waals surface area contributed by atoms with Gasteiger partial charge in [0.2, 0.25) is 0 Å². The Morgan fingerprint density at radius 3 is 1.92 bits per heavy atom. The number of hydrogen-bond donors (Lipinski definition) is 1. The molecule has 26 heavy (non-hydrogen) atoms. The highest BCUT2D eigenvalue weighted by molar-refractivity contribution is 5.71. The molecule has 0 aliphatic carbocycles. The van der Waals surface area contributed by atoms with Crippen LogP contribution in [0.2, 0.25) is 0 Å². The lowest BCUT2D eigenvalue weighted by Gasteiger charge is -2.01. The van der Waals surface area contributed by atoms with E-state index in [2.05, 4.69) is 15.3 Å². The summed E-state index contributed by atoms with van der Waals surface area (Å²) in [6, 6.07) is 28.4. The van der Waals surface area contributed by atoms with Crippen molar-refractivity contribution >= 4 is 11.4 Å². The minimum absolute atomic E-state index is 0.241. The molecule has 1 aromatic heterocycles. The minimum atomic E-state index is -0.241. The molecule has 4 rings (SSSR count). The van der Waals surface area contributed by atoms with Crippen LogP contribution in [0.4, 0.5) is 11.4 Å². The van der Waals surface area contributed by atoms with Crippen molar-refractivity contribution in [2.45, 2.75) is 0 Å². The van der Waals surface area contributed by atoms with E-state index < -0.39 is 0 Å². The van der Waals surface area contributed by atoms with Gasteiger partial charge in [-0.15, -0.1) is 5.11 Å². The molecule has 1 heterocycles. The van der Waals surface area contributed by atoms with Crippen LogP contribution in [-0.2, 0) is 0 Å². The lowest BCUT2D eigenvalue weighted by molar-refractivity contribution is 0.852. The second-order valence-corrected chi connectivity index (χ2v) is 5.71. The van der Waals surface area contributed by atoms with Crippen LogP contribution in [0.25, 0.3) is 16.9 Å². The number of benzene rings is 3. The van der Waals surface area contributed by atoms with Crippen LogP contribution < -0.4 is 5.56 Å². The average Bonchev–Trinajstić information content (AvgIpc) is 3.05. The SMILES string of the molecule is O=c1c(N=Nc2ccccc2)c(-c2ccccc2)[nH]n1-c1ccccc1. The van der Waals surface area contributed by atoms with Crippen LogP contribution in [-0.4, -0.2) is 9.78 Å². The van der Waals surface area contributed by atoms with Crippen LogP contribution in [0.1, 0.15) is 0 Å². The fourth-order valence-corrected chi connectivity index (χ4v) is 2.69. The van der Waals surface area contributed by atoms with E-state index in [9.17, 15) is 4.79 Å². The highest BCUT2D eigenvalue weighted by atomic mass is 16.1. The van der Waals surface area contributed by atoms with Crippen LogP contribution in [0.5, 0.6) is 0 Å². The first-order valence-corrected chi connectivity index (χ1v) is 8.25. The third-order valence-electron chi connectivity index (χ3n) is 3.96. The lowest BCUT2D eigenvalue weighted by atomic mass is 10.1. The molecule has 0 atom stereocenters. The molecule has 0 radical (unpaired) electrons. The van der Waals surface area contributed by atoms with Crippen molar-refractivity contribution in [1.29, 1.82) is 0 Å². The highest BCUT2D eigenvalue weighted by Gasteiger charge is 2.16. The van der Waals surface area contributed by atoms with Gasteiger partial charge in [-0.1, -0.05) is 66.7 Å². The molecule has 0 fully saturated rings. The number of aromatic nitrogens is 2. The summed E-state index contributed by atoms with van der Waals surface area (Å²) in [5, 5.41) is 11.7. The van der Waals surface area contributed by atoms with Crippen molar-refractivity contribution in [1.82, 2.24) is 9.78 Å². The van der Waals surface area contributed by atoms with Gasteiger partial charge >= 0.3 is 0 Å². The van der Waals surface area contributed by atoms with Gasteiger partial charge in [-0.05, 0) is 24.3 Å². The molecule has 0 bridgehead atoms. The molecular formula is C21H16N4O. The van der Waals surface area contributed by atoms with Gasteiger partial charge in [0.1, 0.15) is 0 Å². The highest BCUT2D eigenvalue weighted by Crippen LogP contribution is 2.27. The maximum Gasteiger partial charge on any atom is 0.299 e. The third kappa shape index (κ3) is 3.10. The Morgan fingerprint density at radius 1 is 0.692 bits per heavy atom. The van der Waals surface area contributed by atoms with Crippen molar-refractivity contribution in [2.24, 2.45) is 10.2 Å². The number of azo groups is 1. The Morgan fingerprint density at radius 2 is 1.27 bits per heavy atom. The zero-order valence-corrected chi connectivity index (χ0v) is 13.9. The normalized spacial score (nSPS) is 11.1. The van der Waals surface area contributed by atoms with Crippen LogP contribution in [0, 0.1) is 0 Å². The summed E-state index contributed by atoms with van der Waals surface area (Å²) in [7, 11) is 0. The number of H-pyrrole nitrogens is 1. The Bertz CT molecular complexity index is 1080. The molecule has 0 amide bonds. The first kappa shape index (κ1) is 15.8. The van der Waals surface area contributed by atoms with E-state index in [0.717, 1.165) is 11.3 Å². The largest absolute Gasteiger partial charge is 0.299 e. The molecule has 1 N–H and O–H groups in total. The van der Waals surface area contributed by atoms with Gasteiger partial charge in [0, 0.05) is 5.56 Å². The van der Waals surface area contributed by atoms with Gasteiger partial charge in [-0.2, -0.15) is 5.11 Å². The van der Waals surface area contributed by atoms with Gasteiger partial charge in [-0.25, -0.2) is 4.68 Å². The second-order valence-electron chi connectivity index (χ2n) is 5.71. The second kappa shape index (κ2) is 7.03. The summed E-state index contributed by atoms with van der Waals surface area (Å²) in [6.07, 6.45) is 0. The van der Waals surface area contributed by atoms with E-state index in [-0.39, 0.29) is 11.2 Å². The fourth-order valence-electron chi connectivity index (χ4n) is 2.69. The first-order chi connectivity index (χ1) is 12.8. The Balaban J connectivity index is 1.87. The molecule has 0 aliphatic heterocycles. The van der Waals surface area contributed by atoms with Gasteiger partial charge in [-0.3, -0.25) is 9.89 Å². The van der Waals surface area contributed by atoms with E-state index in [1.54, 1.807) is 0 Å². The Hall–Kier alpha value is -3.73. The number of nitrogens with one attached hydrogen (secondary N) is 1. The molecule has 126 valence electrons. The van der Waals surface area contributed by atoms with Crippen molar-refractivity contribution in [3.8, 4) is 16.9 Å². The molecule has 3 aromatic carbocycles. The van der Waals surface area contributed by atoms with E-state index in [4.69, 9.17) is 0 Å². The van der Waals surface area contributed by atoms with Crippen molar-refractivity contribution in [3.05, 3.63) is 101 Å². The first-order valence-electron chi connectivity index (χ1n) is 8.25. The molecule has 5 nitrogen and oxygen atoms in total. The predicted molar refractivity (Wildman–Crippen MR) is 102 cm³/mol. The maximum absolute atomic E-state index is 13.0. The number of para-hydroxylation sites is 1. The molecule has 0 saturated heterocycles. The summed E-state index contributed by atoms with van der Waals surface area (Å²) in [4.78, 5) is 13.0. The molecule has 0 spiro atoms. The fraction of sp³-hybridized carbons (Fsp3) is 0. The van der Waals surface area contributed by atoms with Gasteiger partial charge in [0.25, 0.3) is 5.56 Å². The summed E-state index contributed by atoms with van der Waals surface area (Å²) in [5.41, 5.74) is 2.99. The van der Waals surface area contributed by atoms with E-state index in [1.165, 1.54) is 4.68 Å². The molecule has 0 saturated carbocycles. The smallest absolute Gasteiger partial charge is 0.288 e.